The van der Waals surface area contributed by atoms with Crippen molar-refractivity contribution in [1.29, 1.82) is 0 Å². The molecule has 1 aromatic rings. The number of aromatic nitrogens is 1. The molecule has 1 aromatic heterocycles. The highest BCUT2D eigenvalue weighted by Crippen LogP contribution is 2.22. The molecule has 19 heavy (non-hydrogen) atoms. The number of hydrogen-bond donors (Lipinski definition) is 2. The first-order valence-electron chi connectivity index (χ1n) is 6.76. The van der Waals surface area contributed by atoms with E-state index in [9.17, 15) is 0 Å². The molecule has 0 aliphatic heterocycles. The van der Waals surface area contributed by atoms with E-state index in [4.69, 9.17) is 10.5 Å². The number of nitrogens with one attached hydrogen (secondary N) is 1. The minimum atomic E-state index is 0.374. The lowest BCUT2D eigenvalue weighted by atomic mass is 10.2. The quantitative estimate of drug-likeness (QED) is 0.767. The molecule has 0 aliphatic rings. The molecule has 1 atom stereocenters. The van der Waals surface area contributed by atoms with Crippen molar-refractivity contribution in [2.45, 2.75) is 33.7 Å². The molecule has 108 valence electrons. The molecule has 0 bridgehead atoms. The number of pyridine rings is 1. The van der Waals surface area contributed by atoms with Crippen molar-refractivity contribution in [3.63, 3.8) is 0 Å². The summed E-state index contributed by atoms with van der Waals surface area (Å²) in [5, 5.41) is 3.36. The van der Waals surface area contributed by atoms with Gasteiger partial charge in [0.1, 0.15) is 5.82 Å². The summed E-state index contributed by atoms with van der Waals surface area (Å²) in [6.45, 7) is 9.14. The first-order valence-corrected chi connectivity index (χ1v) is 7.92. The minimum Gasteiger partial charge on any atom is -0.476 e. The van der Waals surface area contributed by atoms with Gasteiger partial charge in [0, 0.05) is 11.8 Å². The van der Waals surface area contributed by atoms with Crippen molar-refractivity contribution in [2.24, 2.45) is 5.92 Å². The Hall–Kier alpha value is -1.10. The van der Waals surface area contributed by atoms with Gasteiger partial charge in [-0.15, -0.1) is 0 Å². The number of nitrogens with two attached hydrogens (primary N) is 1. The predicted octanol–water partition coefficient (Wildman–Crippen LogP) is 3.25. The highest BCUT2D eigenvalue weighted by atomic mass is 32.2. The SMILES string of the molecule is CCSCC(C)Nc1ccc(N)c(OCC(C)C)n1. The van der Waals surface area contributed by atoms with E-state index in [1.54, 1.807) is 0 Å². The van der Waals surface area contributed by atoms with Crippen LogP contribution in [0.1, 0.15) is 27.7 Å². The molecule has 1 unspecified atom stereocenters. The second-order valence-corrected chi connectivity index (χ2v) is 6.32. The van der Waals surface area contributed by atoms with Crippen LogP contribution in [-0.4, -0.2) is 29.1 Å². The van der Waals surface area contributed by atoms with Gasteiger partial charge in [-0.1, -0.05) is 20.8 Å². The second kappa shape index (κ2) is 8.15. The van der Waals surface area contributed by atoms with E-state index < -0.39 is 0 Å². The molecule has 0 aromatic carbocycles. The van der Waals surface area contributed by atoms with Gasteiger partial charge < -0.3 is 15.8 Å². The fourth-order valence-corrected chi connectivity index (χ4v) is 2.15. The second-order valence-electron chi connectivity index (χ2n) is 5.00. The van der Waals surface area contributed by atoms with Gasteiger partial charge in [0.15, 0.2) is 0 Å². The van der Waals surface area contributed by atoms with Gasteiger partial charge in [-0.05, 0) is 30.7 Å². The topological polar surface area (TPSA) is 60.2 Å². The molecule has 0 saturated heterocycles. The van der Waals surface area contributed by atoms with Crippen LogP contribution in [0.2, 0.25) is 0 Å². The number of ether oxygens (including phenoxy) is 1. The third kappa shape index (κ3) is 6.05. The summed E-state index contributed by atoms with van der Waals surface area (Å²) in [5.74, 6) is 3.98. The Morgan fingerprint density at radius 3 is 2.74 bits per heavy atom. The zero-order chi connectivity index (χ0) is 14.3. The monoisotopic (exact) mass is 283 g/mol. The van der Waals surface area contributed by atoms with Crippen LogP contribution >= 0.6 is 11.8 Å². The Balaban J connectivity index is 2.62. The van der Waals surface area contributed by atoms with Gasteiger partial charge in [0.25, 0.3) is 0 Å². The zero-order valence-electron chi connectivity index (χ0n) is 12.3. The Morgan fingerprint density at radius 2 is 2.11 bits per heavy atom. The van der Waals surface area contributed by atoms with Crippen LogP contribution in [0.4, 0.5) is 11.5 Å². The highest BCUT2D eigenvalue weighted by Gasteiger charge is 2.08. The van der Waals surface area contributed by atoms with Gasteiger partial charge >= 0.3 is 0 Å². The molecular weight excluding hydrogens is 258 g/mol. The molecule has 0 saturated carbocycles. The molecule has 1 rings (SSSR count). The van der Waals surface area contributed by atoms with Crippen LogP contribution in [0.3, 0.4) is 0 Å². The summed E-state index contributed by atoms with van der Waals surface area (Å²) in [4.78, 5) is 4.42. The lowest BCUT2D eigenvalue weighted by Gasteiger charge is -2.16. The van der Waals surface area contributed by atoms with Crippen LogP contribution in [-0.2, 0) is 0 Å². The van der Waals surface area contributed by atoms with E-state index in [1.165, 1.54) is 0 Å². The fourth-order valence-electron chi connectivity index (χ4n) is 1.48. The molecule has 0 fully saturated rings. The number of hydrogen-bond acceptors (Lipinski definition) is 5. The van der Waals surface area contributed by atoms with Gasteiger partial charge in [-0.3, -0.25) is 0 Å². The van der Waals surface area contributed by atoms with Crippen molar-refractivity contribution in [3.8, 4) is 5.88 Å². The van der Waals surface area contributed by atoms with E-state index in [2.05, 4.69) is 38.0 Å². The van der Waals surface area contributed by atoms with Crippen molar-refractivity contribution in [2.75, 3.05) is 29.2 Å². The van der Waals surface area contributed by atoms with Gasteiger partial charge in [-0.2, -0.15) is 16.7 Å². The van der Waals surface area contributed by atoms with Crippen LogP contribution < -0.4 is 15.8 Å². The van der Waals surface area contributed by atoms with Crippen LogP contribution in [0.15, 0.2) is 12.1 Å². The molecule has 0 amide bonds. The van der Waals surface area contributed by atoms with Crippen LogP contribution in [0.25, 0.3) is 0 Å². The maximum atomic E-state index is 5.87. The Labute approximate surface area is 120 Å². The maximum absolute atomic E-state index is 5.87. The first-order chi connectivity index (χ1) is 9.02. The van der Waals surface area contributed by atoms with Crippen molar-refractivity contribution < 1.29 is 4.74 Å². The largest absolute Gasteiger partial charge is 0.476 e. The van der Waals surface area contributed by atoms with Crippen LogP contribution in [0.5, 0.6) is 5.88 Å². The molecule has 1 heterocycles. The standard InChI is InChI=1S/C14H25N3OS/c1-5-19-9-11(4)16-13-7-6-12(15)14(17-13)18-8-10(2)3/h6-7,10-11H,5,8-9,15H2,1-4H3,(H,16,17). The van der Waals surface area contributed by atoms with Gasteiger partial charge in [0.05, 0.1) is 12.3 Å². The fraction of sp³-hybridized carbons (Fsp3) is 0.643. The average Bonchev–Trinajstić information content (AvgIpc) is 2.37. The maximum Gasteiger partial charge on any atom is 0.239 e. The van der Waals surface area contributed by atoms with Crippen molar-refractivity contribution in [3.05, 3.63) is 12.1 Å². The molecular formula is C14H25N3OS. The van der Waals surface area contributed by atoms with Crippen molar-refractivity contribution >= 4 is 23.3 Å². The van der Waals surface area contributed by atoms with Crippen LogP contribution in [0, 0.1) is 5.92 Å². The summed E-state index contributed by atoms with van der Waals surface area (Å²) in [7, 11) is 0. The lowest BCUT2D eigenvalue weighted by molar-refractivity contribution is 0.263. The normalized spacial score (nSPS) is 12.5. The third-order valence-electron chi connectivity index (χ3n) is 2.41. The predicted molar refractivity (Wildman–Crippen MR) is 85.1 cm³/mol. The zero-order valence-corrected chi connectivity index (χ0v) is 13.1. The summed E-state index contributed by atoms with van der Waals surface area (Å²) in [5.41, 5.74) is 6.45. The van der Waals surface area contributed by atoms with E-state index in [0.717, 1.165) is 17.3 Å². The Bertz CT molecular complexity index is 385. The molecule has 0 spiro atoms. The molecule has 4 nitrogen and oxygen atoms in total. The highest BCUT2D eigenvalue weighted by molar-refractivity contribution is 7.99. The molecule has 0 radical (unpaired) electrons. The third-order valence-corrected chi connectivity index (χ3v) is 3.55. The van der Waals surface area contributed by atoms with Gasteiger partial charge in [0.2, 0.25) is 5.88 Å². The van der Waals surface area contributed by atoms with E-state index in [1.807, 2.05) is 23.9 Å². The average molecular weight is 283 g/mol. The Morgan fingerprint density at radius 1 is 1.37 bits per heavy atom. The molecule has 0 aliphatic carbocycles. The summed E-state index contributed by atoms with van der Waals surface area (Å²) in [6, 6.07) is 4.11. The van der Waals surface area contributed by atoms with Crippen molar-refractivity contribution in [1.82, 2.24) is 4.98 Å². The summed E-state index contributed by atoms with van der Waals surface area (Å²) in [6.07, 6.45) is 0. The van der Waals surface area contributed by atoms with E-state index >= 15 is 0 Å². The Kier molecular flexibility index (Phi) is 6.84. The summed E-state index contributed by atoms with van der Waals surface area (Å²) < 4.78 is 5.62. The molecule has 5 heteroatoms. The number of nitrogens with zero attached hydrogens (tertiary/aromatic N) is 1. The molecule has 3 N–H and O–H groups in total. The van der Waals surface area contributed by atoms with Gasteiger partial charge in [-0.25, -0.2) is 0 Å². The number of thioether (sulfide) groups is 1. The lowest BCUT2D eigenvalue weighted by Crippen LogP contribution is -2.19. The summed E-state index contributed by atoms with van der Waals surface area (Å²) >= 11 is 1.91. The van der Waals surface area contributed by atoms with E-state index in [-0.39, 0.29) is 0 Å². The minimum absolute atomic E-state index is 0.374. The first kappa shape index (κ1) is 16.0. The number of rotatable bonds is 8. The van der Waals surface area contributed by atoms with E-state index in [0.29, 0.717) is 30.1 Å². The number of anilines is 2. The smallest absolute Gasteiger partial charge is 0.239 e. The number of nitrogen functional groups attached to an aromatic ring is 1.